The Morgan fingerprint density at radius 1 is 0.947 bits per heavy atom. The summed E-state index contributed by atoms with van der Waals surface area (Å²) < 4.78 is 5.78. The van der Waals surface area contributed by atoms with E-state index in [0.29, 0.717) is 6.61 Å². The molecule has 0 aliphatic rings. The fraction of sp³-hybridized carbons (Fsp3) is 0.0625. The SMILES string of the molecule is [S]c1ccc(OCc2ccnc3ccccc23)cc1. The Morgan fingerprint density at radius 3 is 2.58 bits per heavy atom. The number of rotatable bonds is 3. The minimum atomic E-state index is 0.528. The van der Waals surface area contributed by atoms with Crippen LogP contribution >= 0.6 is 12.6 Å². The van der Waals surface area contributed by atoms with Gasteiger partial charge in [-0.05, 0) is 36.4 Å². The van der Waals surface area contributed by atoms with Crippen LogP contribution in [0.1, 0.15) is 5.56 Å². The molecule has 3 heteroatoms. The van der Waals surface area contributed by atoms with Crippen molar-refractivity contribution in [2.75, 3.05) is 0 Å². The van der Waals surface area contributed by atoms with E-state index in [1.54, 1.807) is 0 Å². The average molecular weight is 266 g/mol. The minimum absolute atomic E-state index is 0.528. The van der Waals surface area contributed by atoms with Crippen LogP contribution in [0.5, 0.6) is 5.75 Å². The normalized spacial score (nSPS) is 10.5. The fourth-order valence-corrected chi connectivity index (χ4v) is 2.11. The molecule has 0 aliphatic heterocycles. The average Bonchev–Trinajstić information content (AvgIpc) is 2.47. The van der Waals surface area contributed by atoms with Gasteiger partial charge in [-0.3, -0.25) is 4.98 Å². The highest BCUT2D eigenvalue weighted by Gasteiger charge is 2.02. The summed E-state index contributed by atoms with van der Waals surface area (Å²) in [5.41, 5.74) is 2.12. The monoisotopic (exact) mass is 266 g/mol. The molecular formula is C16H12NOS. The molecule has 1 heterocycles. The molecule has 0 spiro atoms. The molecule has 19 heavy (non-hydrogen) atoms. The van der Waals surface area contributed by atoms with Crippen molar-refractivity contribution in [2.24, 2.45) is 0 Å². The first-order valence-electron chi connectivity index (χ1n) is 6.05. The molecule has 2 nitrogen and oxygen atoms in total. The molecule has 0 atom stereocenters. The molecule has 2 aromatic carbocycles. The van der Waals surface area contributed by atoms with Crippen molar-refractivity contribution >= 4 is 23.5 Å². The van der Waals surface area contributed by atoms with Crippen LogP contribution in [0.4, 0.5) is 0 Å². The number of aromatic nitrogens is 1. The second-order valence-electron chi connectivity index (χ2n) is 4.25. The Kier molecular flexibility index (Phi) is 3.29. The fourth-order valence-electron chi connectivity index (χ4n) is 1.98. The topological polar surface area (TPSA) is 22.1 Å². The van der Waals surface area contributed by atoms with Crippen LogP contribution in [0, 0.1) is 0 Å². The Morgan fingerprint density at radius 2 is 1.74 bits per heavy atom. The molecule has 0 N–H and O–H groups in total. The highest BCUT2D eigenvalue weighted by molar-refractivity contribution is 7.80. The van der Waals surface area contributed by atoms with Crippen LogP contribution < -0.4 is 4.74 Å². The Balaban J connectivity index is 1.84. The molecule has 3 rings (SSSR count). The third-order valence-electron chi connectivity index (χ3n) is 2.96. The van der Waals surface area contributed by atoms with Crippen molar-refractivity contribution in [3.8, 4) is 5.75 Å². The lowest BCUT2D eigenvalue weighted by Gasteiger charge is -2.08. The van der Waals surface area contributed by atoms with Crippen molar-refractivity contribution in [2.45, 2.75) is 11.5 Å². The Labute approximate surface area is 117 Å². The molecule has 0 fully saturated rings. The Bertz CT molecular complexity index is 689. The molecule has 1 aromatic heterocycles. The second kappa shape index (κ2) is 5.24. The lowest BCUT2D eigenvalue weighted by Crippen LogP contribution is -1.97. The molecule has 0 bridgehead atoms. The molecule has 0 aliphatic carbocycles. The maximum Gasteiger partial charge on any atom is 0.119 e. The summed E-state index contributed by atoms with van der Waals surface area (Å²) in [5.74, 6) is 0.828. The van der Waals surface area contributed by atoms with Crippen LogP contribution in [0.3, 0.4) is 0 Å². The number of hydrogen-bond donors (Lipinski definition) is 0. The molecule has 3 aromatic rings. The third-order valence-corrected chi connectivity index (χ3v) is 3.23. The van der Waals surface area contributed by atoms with Gasteiger partial charge in [0, 0.05) is 22.0 Å². The van der Waals surface area contributed by atoms with E-state index in [1.807, 2.05) is 54.7 Å². The van der Waals surface area contributed by atoms with Crippen molar-refractivity contribution in [1.29, 1.82) is 0 Å². The van der Waals surface area contributed by atoms with Crippen molar-refractivity contribution in [1.82, 2.24) is 4.98 Å². The van der Waals surface area contributed by atoms with E-state index in [1.165, 1.54) is 0 Å². The summed E-state index contributed by atoms with van der Waals surface area (Å²) in [6.45, 7) is 0.528. The highest BCUT2D eigenvalue weighted by atomic mass is 32.1. The number of hydrogen-bond acceptors (Lipinski definition) is 2. The number of benzene rings is 2. The van der Waals surface area contributed by atoms with Gasteiger partial charge in [0.2, 0.25) is 0 Å². The zero-order valence-electron chi connectivity index (χ0n) is 10.2. The Hall–Kier alpha value is -2.13. The predicted molar refractivity (Wildman–Crippen MR) is 78.4 cm³/mol. The lowest BCUT2D eigenvalue weighted by atomic mass is 10.1. The summed E-state index contributed by atoms with van der Waals surface area (Å²) in [6, 6.07) is 17.6. The van der Waals surface area contributed by atoms with Crippen molar-refractivity contribution < 1.29 is 4.74 Å². The first-order valence-corrected chi connectivity index (χ1v) is 6.46. The number of ether oxygens (including phenoxy) is 1. The lowest BCUT2D eigenvalue weighted by molar-refractivity contribution is 0.307. The molecule has 1 radical (unpaired) electrons. The third kappa shape index (κ3) is 2.66. The van der Waals surface area contributed by atoms with Gasteiger partial charge in [0.1, 0.15) is 12.4 Å². The number of nitrogens with zero attached hydrogens (tertiary/aromatic N) is 1. The van der Waals surface area contributed by atoms with Crippen LogP contribution in [0.2, 0.25) is 0 Å². The number of pyridine rings is 1. The summed E-state index contributed by atoms with van der Waals surface area (Å²) in [7, 11) is 0. The van der Waals surface area contributed by atoms with Crippen molar-refractivity contribution in [3.05, 3.63) is 66.4 Å². The highest BCUT2D eigenvalue weighted by Crippen LogP contribution is 2.20. The van der Waals surface area contributed by atoms with E-state index in [4.69, 9.17) is 17.4 Å². The van der Waals surface area contributed by atoms with Gasteiger partial charge in [0.05, 0.1) is 5.52 Å². The van der Waals surface area contributed by atoms with Gasteiger partial charge in [-0.25, -0.2) is 0 Å². The van der Waals surface area contributed by atoms with Crippen LogP contribution in [0.25, 0.3) is 10.9 Å². The summed E-state index contributed by atoms with van der Waals surface area (Å²) in [4.78, 5) is 5.16. The number of para-hydroxylation sites is 1. The number of fused-ring (bicyclic) bond motifs is 1. The van der Waals surface area contributed by atoms with Crippen LogP contribution in [0.15, 0.2) is 65.7 Å². The summed E-state index contributed by atoms with van der Waals surface area (Å²) >= 11 is 5.05. The standard InChI is InChI=1S/C16H12NOS/c19-14-7-5-13(6-8-14)18-11-12-9-10-17-16-4-2-1-3-15(12)16/h1-10H,11H2. The maximum atomic E-state index is 5.78. The first kappa shape index (κ1) is 11.9. The molecule has 0 unspecified atom stereocenters. The quantitative estimate of drug-likeness (QED) is 0.702. The van der Waals surface area contributed by atoms with Gasteiger partial charge in [-0.1, -0.05) is 30.8 Å². The first-order chi connectivity index (χ1) is 9.33. The van der Waals surface area contributed by atoms with Gasteiger partial charge >= 0.3 is 0 Å². The molecule has 0 saturated heterocycles. The zero-order chi connectivity index (χ0) is 13.1. The van der Waals surface area contributed by atoms with Crippen LogP contribution in [-0.4, -0.2) is 4.98 Å². The minimum Gasteiger partial charge on any atom is -0.489 e. The van der Waals surface area contributed by atoms with E-state index < -0.39 is 0 Å². The van der Waals surface area contributed by atoms with E-state index >= 15 is 0 Å². The van der Waals surface area contributed by atoms with Crippen LogP contribution in [-0.2, 0) is 6.61 Å². The zero-order valence-corrected chi connectivity index (χ0v) is 11.1. The second-order valence-corrected chi connectivity index (χ2v) is 4.72. The van der Waals surface area contributed by atoms with E-state index in [0.717, 1.165) is 27.1 Å². The predicted octanol–water partition coefficient (Wildman–Crippen LogP) is 4.37. The summed E-state index contributed by atoms with van der Waals surface area (Å²) in [6.07, 6.45) is 1.81. The molecule has 0 saturated carbocycles. The van der Waals surface area contributed by atoms with Gasteiger partial charge in [-0.15, -0.1) is 0 Å². The smallest absolute Gasteiger partial charge is 0.119 e. The van der Waals surface area contributed by atoms with E-state index in [-0.39, 0.29) is 0 Å². The van der Waals surface area contributed by atoms with Gasteiger partial charge in [0.25, 0.3) is 0 Å². The van der Waals surface area contributed by atoms with Gasteiger partial charge in [-0.2, -0.15) is 0 Å². The van der Waals surface area contributed by atoms with Gasteiger partial charge < -0.3 is 4.74 Å². The maximum absolute atomic E-state index is 5.78. The van der Waals surface area contributed by atoms with Crippen molar-refractivity contribution in [3.63, 3.8) is 0 Å². The van der Waals surface area contributed by atoms with E-state index in [2.05, 4.69) is 11.1 Å². The molecule has 93 valence electrons. The van der Waals surface area contributed by atoms with Gasteiger partial charge in [0.15, 0.2) is 0 Å². The molecule has 0 amide bonds. The summed E-state index contributed by atoms with van der Waals surface area (Å²) in [5, 5.41) is 1.13. The molecular weight excluding hydrogens is 254 g/mol. The van der Waals surface area contributed by atoms with E-state index in [9.17, 15) is 0 Å². The largest absolute Gasteiger partial charge is 0.489 e.